The van der Waals surface area contributed by atoms with Crippen LogP contribution in [0.4, 0.5) is 11.4 Å². The number of anilines is 2. The van der Waals surface area contributed by atoms with Crippen molar-refractivity contribution in [3.8, 4) is 5.75 Å². The van der Waals surface area contributed by atoms with E-state index in [0.29, 0.717) is 34.8 Å². The van der Waals surface area contributed by atoms with E-state index in [9.17, 15) is 9.59 Å². The number of benzene rings is 4. The number of nitrogens with two attached hydrogens (primary N) is 1. The maximum absolute atomic E-state index is 12.6. The van der Waals surface area contributed by atoms with E-state index in [1.165, 1.54) is 5.56 Å². The van der Waals surface area contributed by atoms with E-state index in [1.807, 2.05) is 36.4 Å². The van der Waals surface area contributed by atoms with Gasteiger partial charge in [-0.25, -0.2) is 0 Å². The van der Waals surface area contributed by atoms with Crippen LogP contribution in [-0.2, 0) is 13.0 Å². The topological polar surface area (TPSA) is 119 Å². The van der Waals surface area contributed by atoms with Gasteiger partial charge in [0.1, 0.15) is 17.9 Å². The molecule has 0 unspecified atom stereocenters. The number of hydrogen-bond donors (Lipinski definition) is 4. The zero-order valence-electron chi connectivity index (χ0n) is 22.6. The van der Waals surface area contributed by atoms with E-state index >= 15 is 0 Å². The fraction of sp³-hybridized carbons (Fsp3) is 0.152. The first kappa shape index (κ1) is 27.5. The second-order valence-electron chi connectivity index (χ2n) is 9.57. The third kappa shape index (κ3) is 7.52. The van der Waals surface area contributed by atoms with Gasteiger partial charge < -0.3 is 30.8 Å². The normalized spacial score (nSPS) is 10.8. The highest BCUT2D eigenvalue weighted by Crippen LogP contribution is 2.21. The van der Waals surface area contributed by atoms with Crippen molar-refractivity contribution in [1.29, 1.82) is 0 Å². The average Bonchev–Trinajstić information content (AvgIpc) is 3.43. The van der Waals surface area contributed by atoms with Gasteiger partial charge in [-0.1, -0.05) is 54.6 Å². The van der Waals surface area contributed by atoms with Gasteiger partial charge in [0, 0.05) is 17.5 Å². The standard InChI is InChI=1S/C33H32N4O4/c34-28-8-4-5-9-29(28)37-32(38)25-12-14-27(15-13-25)40-19-18-36-33(39)31-21-26-11-10-24(20-30(26)41-31)22-35-17-16-23-6-2-1-3-7-23/h1-15,20-21,35H,16-19,22,34H2,(H,36,39)(H,37,38). The smallest absolute Gasteiger partial charge is 0.287 e. The minimum absolute atomic E-state index is 0.253. The van der Waals surface area contributed by atoms with Crippen LogP contribution in [-0.4, -0.2) is 31.5 Å². The van der Waals surface area contributed by atoms with Crippen LogP contribution in [0.1, 0.15) is 32.0 Å². The summed E-state index contributed by atoms with van der Waals surface area (Å²) in [5.74, 6) is 0.269. The van der Waals surface area contributed by atoms with Crippen LogP contribution in [0.3, 0.4) is 0 Å². The molecule has 1 heterocycles. The average molecular weight is 549 g/mol. The third-order valence-electron chi connectivity index (χ3n) is 6.55. The van der Waals surface area contributed by atoms with E-state index in [2.05, 4.69) is 28.1 Å². The van der Waals surface area contributed by atoms with Crippen molar-refractivity contribution in [3.05, 3.63) is 126 Å². The lowest BCUT2D eigenvalue weighted by atomic mass is 10.1. The molecule has 0 atom stereocenters. The SMILES string of the molecule is Nc1ccccc1NC(=O)c1ccc(OCCNC(=O)c2cc3ccc(CNCCc4ccccc4)cc3o2)cc1. The first-order chi connectivity index (χ1) is 20.0. The molecule has 5 N–H and O–H groups in total. The van der Waals surface area contributed by atoms with Gasteiger partial charge in [0.2, 0.25) is 0 Å². The van der Waals surface area contributed by atoms with Gasteiger partial charge in [0.25, 0.3) is 11.8 Å². The highest BCUT2D eigenvalue weighted by atomic mass is 16.5. The van der Waals surface area contributed by atoms with Crippen molar-refractivity contribution in [1.82, 2.24) is 10.6 Å². The van der Waals surface area contributed by atoms with Gasteiger partial charge in [-0.3, -0.25) is 9.59 Å². The Morgan fingerprint density at radius 1 is 0.780 bits per heavy atom. The molecule has 5 aromatic rings. The van der Waals surface area contributed by atoms with Crippen molar-refractivity contribution in [2.75, 3.05) is 30.7 Å². The minimum atomic E-state index is -0.306. The number of hydrogen-bond acceptors (Lipinski definition) is 6. The molecule has 2 amide bonds. The van der Waals surface area contributed by atoms with Gasteiger partial charge >= 0.3 is 0 Å². The van der Waals surface area contributed by atoms with Crippen molar-refractivity contribution in [3.63, 3.8) is 0 Å². The number of para-hydroxylation sites is 2. The molecular weight excluding hydrogens is 516 g/mol. The highest BCUT2D eigenvalue weighted by molar-refractivity contribution is 6.05. The lowest BCUT2D eigenvalue weighted by Crippen LogP contribution is -2.27. The van der Waals surface area contributed by atoms with Crippen molar-refractivity contribution < 1.29 is 18.7 Å². The summed E-state index contributed by atoms with van der Waals surface area (Å²) in [4.78, 5) is 25.1. The molecule has 0 aliphatic rings. The summed E-state index contributed by atoms with van der Waals surface area (Å²) in [7, 11) is 0. The molecular formula is C33H32N4O4. The summed E-state index contributed by atoms with van der Waals surface area (Å²) in [5.41, 5.74) is 10.5. The molecule has 8 heteroatoms. The van der Waals surface area contributed by atoms with E-state index in [-0.39, 0.29) is 24.2 Å². The van der Waals surface area contributed by atoms with Gasteiger partial charge in [-0.15, -0.1) is 0 Å². The monoisotopic (exact) mass is 548 g/mol. The maximum atomic E-state index is 12.6. The summed E-state index contributed by atoms with van der Waals surface area (Å²) in [6, 6.07) is 31.9. The second-order valence-corrected chi connectivity index (χ2v) is 9.57. The predicted octanol–water partition coefficient (Wildman–Crippen LogP) is 5.41. The first-order valence-corrected chi connectivity index (χ1v) is 13.5. The Hall–Kier alpha value is -5.08. The molecule has 0 bridgehead atoms. The first-order valence-electron chi connectivity index (χ1n) is 13.5. The minimum Gasteiger partial charge on any atom is -0.492 e. The summed E-state index contributed by atoms with van der Waals surface area (Å²) < 4.78 is 11.5. The van der Waals surface area contributed by atoms with Crippen molar-refractivity contribution in [2.45, 2.75) is 13.0 Å². The Balaban J connectivity index is 1.05. The van der Waals surface area contributed by atoms with Gasteiger partial charge in [-0.05, 0) is 72.6 Å². The Bertz CT molecular complexity index is 1610. The molecule has 208 valence electrons. The Morgan fingerprint density at radius 2 is 1.56 bits per heavy atom. The summed E-state index contributed by atoms with van der Waals surface area (Å²) in [6.07, 6.45) is 0.963. The molecule has 4 aromatic carbocycles. The summed E-state index contributed by atoms with van der Waals surface area (Å²) in [6.45, 7) is 2.15. The summed E-state index contributed by atoms with van der Waals surface area (Å²) >= 11 is 0. The number of ether oxygens (including phenoxy) is 1. The fourth-order valence-electron chi connectivity index (χ4n) is 4.34. The van der Waals surface area contributed by atoms with Gasteiger partial charge in [-0.2, -0.15) is 0 Å². The van der Waals surface area contributed by atoms with Crippen LogP contribution in [0, 0.1) is 0 Å². The number of nitrogen functional groups attached to an aromatic ring is 1. The predicted molar refractivity (Wildman–Crippen MR) is 161 cm³/mol. The van der Waals surface area contributed by atoms with Gasteiger partial charge in [0.05, 0.1) is 17.9 Å². The van der Waals surface area contributed by atoms with Crippen LogP contribution < -0.4 is 26.4 Å². The molecule has 0 fully saturated rings. The lowest BCUT2D eigenvalue weighted by molar-refractivity contribution is 0.0920. The fourth-order valence-corrected chi connectivity index (χ4v) is 4.34. The zero-order chi connectivity index (χ0) is 28.4. The molecule has 0 saturated carbocycles. The third-order valence-corrected chi connectivity index (χ3v) is 6.55. The van der Waals surface area contributed by atoms with Crippen molar-refractivity contribution >= 4 is 34.2 Å². The molecule has 41 heavy (non-hydrogen) atoms. The number of nitrogens with one attached hydrogen (secondary N) is 3. The Morgan fingerprint density at radius 3 is 2.37 bits per heavy atom. The Labute approximate surface area is 238 Å². The molecule has 0 aliphatic heterocycles. The van der Waals surface area contributed by atoms with E-state index in [4.69, 9.17) is 14.9 Å². The van der Waals surface area contributed by atoms with E-state index in [0.717, 1.165) is 30.5 Å². The number of rotatable bonds is 12. The largest absolute Gasteiger partial charge is 0.492 e. The summed E-state index contributed by atoms with van der Waals surface area (Å²) in [5, 5.41) is 9.94. The van der Waals surface area contributed by atoms with E-state index < -0.39 is 0 Å². The number of carbonyl (C=O) groups is 2. The van der Waals surface area contributed by atoms with Crippen LogP contribution in [0.25, 0.3) is 11.0 Å². The molecule has 5 rings (SSSR count). The Kier molecular flexibility index (Phi) is 8.93. The number of fused-ring (bicyclic) bond motifs is 1. The highest BCUT2D eigenvalue weighted by Gasteiger charge is 2.13. The number of furan rings is 1. The van der Waals surface area contributed by atoms with E-state index in [1.54, 1.807) is 54.6 Å². The molecule has 0 saturated heterocycles. The second kappa shape index (κ2) is 13.3. The van der Waals surface area contributed by atoms with Crippen LogP contribution in [0.15, 0.2) is 108 Å². The molecule has 0 aliphatic carbocycles. The quantitative estimate of drug-likeness (QED) is 0.122. The number of carbonyl (C=O) groups excluding carboxylic acids is 2. The molecule has 0 spiro atoms. The molecule has 1 aromatic heterocycles. The maximum Gasteiger partial charge on any atom is 0.287 e. The zero-order valence-corrected chi connectivity index (χ0v) is 22.6. The molecule has 0 radical (unpaired) electrons. The number of amides is 2. The van der Waals surface area contributed by atoms with Crippen LogP contribution >= 0.6 is 0 Å². The lowest BCUT2D eigenvalue weighted by Gasteiger charge is -2.09. The molecule has 8 nitrogen and oxygen atoms in total. The van der Waals surface area contributed by atoms with Crippen molar-refractivity contribution in [2.24, 2.45) is 0 Å². The van der Waals surface area contributed by atoms with Crippen LogP contribution in [0.2, 0.25) is 0 Å². The van der Waals surface area contributed by atoms with Gasteiger partial charge in [0.15, 0.2) is 5.76 Å². The van der Waals surface area contributed by atoms with Crippen LogP contribution in [0.5, 0.6) is 5.75 Å².